The van der Waals surface area contributed by atoms with Crippen LogP contribution >= 0.6 is 0 Å². The Morgan fingerprint density at radius 3 is 3.08 bits per heavy atom. The minimum atomic E-state index is 0.0423. The summed E-state index contributed by atoms with van der Waals surface area (Å²) < 4.78 is 2.20. The average molecular weight is 346 g/mol. The summed E-state index contributed by atoms with van der Waals surface area (Å²) in [5.74, 6) is 0.0423. The number of nitrogens with one attached hydrogen (secondary N) is 1. The van der Waals surface area contributed by atoms with Gasteiger partial charge in [-0.2, -0.15) is 0 Å². The van der Waals surface area contributed by atoms with Crippen molar-refractivity contribution in [3.63, 3.8) is 0 Å². The highest BCUT2D eigenvalue weighted by Gasteiger charge is 2.27. The van der Waals surface area contributed by atoms with Gasteiger partial charge >= 0.3 is 0 Å². The van der Waals surface area contributed by atoms with Gasteiger partial charge in [0.05, 0.1) is 29.6 Å². The van der Waals surface area contributed by atoms with Crippen LogP contribution in [0.1, 0.15) is 29.2 Å². The lowest BCUT2D eigenvalue weighted by molar-refractivity contribution is 0.0681. The number of pyridine rings is 2. The van der Waals surface area contributed by atoms with Gasteiger partial charge in [0.25, 0.3) is 5.91 Å². The number of likely N-dealkylation sites (tertiary alicyclic amines) is 1. The number of rotatable bonds is 2. The van der Waals surface area contributed by atoms with Crippen LogP contribution in [0.3, 0.4) is 0 Å². The lowest BCUT2D eigenvalue weighted by Gasteiger charge is -2.33. The first-order valence-corrected chi connectivity index (χ1v) is 8.79. The number of fused-ring (bicyclic) bond motifs is 3. The van der Waals surface area contributed by atoms with E-state index in [1.54, 1.807) is 24.7 Å². The summed E-state index contributed by atoms with van der Waals surface area (Å²) in [4.78, 5) is 30.9. The van der Waals surface area contributed by atoms with Gasteiger partial charge < -0.3 is 14.5 Å². The SMILES string of the molecule is O=C(c1cccnc1)N1CCC[C@@H](n2cnc3cnc4[nH]ccc4c32)C1. The summed E-state index contributed by atoms with van der Waals surface area (Å²) in [5, 5.41) is 1.07. The van der Waals surface area contributed by atoms with E-state index < -0.39 is 0 Å². The van der Waals surface area contributed by atoms with E-state index >= 15 is 0 Å². The number of imidazole rings is 1. The second kappa shape index (κ2) is 5.94. The number of aromatic amines is 1. The highest BCUT2D eigenvalue weighted by molar-refractivity contribution is 6.01. The van der Waals surface area contributed by atoms with E-state index in [1.807, 2.05) is 29.6 Å². The Hall–Kier alpha value is -3.22. The normalized spacial score (nSPS) is 17.8. The molecule has 0 saturated carbocycles. The number of amides is 1. The van der Waals surface area contributed by atoms with Crippen LogP contribution in [0, 0.1) is 0 Å². The van der Waals surface area contributed by atoms with Crippen LogP contribution in [0.15, 0.2) is 49.3 Å². The summed E-state index contributed by atoms with van der Waals surface area (Å²) in [6.45, 7) is 1.45. The standard InChI is InChI=1S/C19H18N6O/c26-19(13-3-1-6-20-9-13)24-8-2-4-14(11-24)25-12-23-16-10-22-18-15(17(16)25)5-7-21-18/h1,3,5-7,9-10,12,14H,2,4,8,11H2,(H,21,22)/t14-/m1/s1. The monoisotopic (exact) mass is 346 g/mol. The second-order valence-electron chi connectivity index (χ2n) is 6.67. The van der Waals surface area contributed by atoms with Crippen molar-refractivity contribution in [2.45, 2.75) is 18.9 Å². The molecule has 1 saturated heterocycles. The largest absolute Gasteiger partial charge is 0.346 e. The maximum Gasteiger partial charge on any atom is 0.255 e. The van der Waals surface area contributed by atoms with Crippen molar-refractivity contribution in [3.05, 3.63) is 54.9 Å². The number of hydrogen-bond acceptors (Lipinski definition) is 4. The minimum absolute atomic E-state index is 0.0423. The Bertz CT molecular complexity index is 1080. The third kappa shape index (κ3) is 2.35. The molecule has 1 amide bonds. The third-order valence-electron chi connectivity index (χ3n) is 5.10. The molecule has 4 aromatic rings. The topological polar surface area (TPSA) is 79.7 Å². The van der Waals surface area contributed by atoms with Crippen LogP contribution in [-0.2, 0) is 0 Å². The molecule has 0 aromatic carbocycles. The highest BCUT2D eigenvalue weighted by atomic mass is 16.2. The Kier molecular flexibility index (Phi) is 3.44. The van der Waals surface area contributed by atoms with Crippen molar-refractivity contribution >= 4 is 28.0 Å². The first kappa shape index (κ1) is 15.1. The van der Waals surface area contributed by atoms with Crippen LogP contribution in [-0.4, -0.2) is 48.4 Å². The summed E-state index contributed by atoms with van der Waals surface area (Å²) in [6.07, 6.45) is 10.9. The van der Waals surface area contributed by atoms with Gasteiger partial charge in [0.15, 0.2) is 0 Å². The molecule has 1 fully saturated rings. The van der Waals surface area contributed by atoms with Crippen LogP contribution < -0.4 is 0 Å². The fourth-order valence-corrected chi connectivity index (χ4v) is 3.85. The van der Waals surface area contributed by atoms with Gasteiger partial charge in [-0.3, -0.25) is 9.78 Å². The highest BCUT2D eigenvalue weighted by Crippen LogP contribution is 2.29. The maximum absolute atomic E-state index is 12.8. The third-order valence-corrected chi connectivity index (χ3v) is 5.10. The fourth-order valence-electron chi connectivity index (χ4n) is 3.85. The van der Waals surface area contributed by atoms with Crippen LogP contribution in [0.25, 0.3) is 22.1 Å². The van der Waals surface area contributed by atoms with Gasteiger partial charge in [-0.05, 0) is 31.0 Å². The lowest BCUT2D eigenvalue weighted by atomic mass is 10.0. The quantitative estimate of drug-likeness (QED) is 0.605. The van der Waals surface area contributed by atoms with Crippen molar-refractivity contribution < 1.29 is 4.79 Å². The summed E-state index contributed by atoms with van der Waals surface area (Å²) in [6, 6.07) is 5.85. The average Bonchev–Trinajstić information content (AvgIpc) is 3.34. The van der Waals surface area contributed by atoms with Crippen LogP contribution in [0.4, 0.5) is 0 Å². The van der Waals surface area contributed by atoms with Gasteiger partial charge in [0.2, 0.25) is 0 Å². The van der Waals surface area contributed by atoms with E-state index in [0.717, 1.165) is 41.5 Å². The molecule has 7 heteroatoms. The molecule has 0 radical (unpaired) electrons. The number of aromatic nitrogens is 5. The molecule has 0 aliphatic carbocycles. The predicted octanol–water partition coefficient (Wildman–Crippen LogP) is 2.78. The van der Waals surface area contributed by atoms with E-state index in [2.05, 4.69) is 24.5 Å². The van der Waals surface area contributed by atoms with Gasteiger partial charge in [-0.1, -0.05) is 0 Å². The van der Waals surface area contributed by atoms with Crippen LogP contribution in [0.5, 0.6) is 0 Å². The van der Waals surface area contributed by atoms with E-state index in [-0.39, 0.29) is 11.9 Å². The number of nitrogens with zero attached hydrogens (tertiary/aromatic N) is 5. The lowest BCUT2D eigenvalue weighted by Crippen LogP contribution is -2.40. The number of carbonyl (C=O) groups is 1. The molecule has 26 heavy (non-hydrogen) atoms. The zero-order valence-electron chi connectivity index (χ0n) is 14.2. The van der Waals surface area contributed by atoms with Crippen molar-refractivity contribution in [1.29, 1.82) is 0 Å². The minimum Gasteiger partial charge on any atom is -0.346 e. The van der Waals surface area contributed by atoms with Gasteiger partial charge in [0, 0.05) is 37.1 Å². The molecular weight excluding hydrogens is 328 g/mol. The van der Waals surface area contributed by atoms with Gasteiger partial charge in [0.1, 0.15) is 11.2 Å². The first-order chi connectivity index (χ1) is 12.8. The Morgan fingerprint density at radius 1 is 1.23 bits per heavy atom. The van der Waals surface area contributed by atoms with Gasteiger partial charge in [-0.15, -0.1) is 0 Å². The summed E-state index contributed by atoms with van der Waals surface area (Å²) >= 11 is 0. The fraction of sp³-hybridized carbons (Fsp3) is 0.263. The Balaban J connectivity index is 1.50. The van der Waals surface area contributed by atoms with E-state index in [9.17, 15) is 4.79 Å². The molecule has 0 unspecified atom stereocenters. The predicted molar refractivity (Wildman–Crippen MR) is 97.8 cm³/mol. The molecule has 5 rings (SSSR count). The van der Waals surface area contributed by atoms with Crippen molar-refractivity contribution in [2.75, 3.05) is 13.1 Å². The molecule has 7 nitrogen and oxygen atoms in total. The first-order valence-electron chi connectivity index (χ1n) is 8.79. The summed E-state index contributed by atoms with van der Waals surface area (Å²) in [7, 11) is 0. The molecule has 0 bridgehead atoms. The molecule has 0 spiro atoms. The number of H-pyrrole nitrogens is 1. The molecule has 1 aliphatic rings. The zero-order chi connectivity index (χ0) is 17.5. The van der Waals surface area contributed by atoms with E-state index in [0.29, 0.717) is 12.1 Å². The van der Waals surface area contributed by atoms with Crippen molar-refractivity contribution in [2.24, 2.45) is 0 Å². The summed E-state index contributed by atoms with van der Waals surface area (Å²) in [5.41, 5.74) is 3.46. The second-order valence-corrected chi connectivity index (χ2v) is 6.67. The van der Waals surface area contributed by atoms with Crippen molar-refractivity contribution in [1.82, 2.24) is 29.4 Å². The Morgan fingerprint density at radius 2 is 2.19 bits per heavy atom. The van der Waals surface area contributed by atoms with E-state index in [4.69, 9.17) is 0 Å². The molecular formula is C19H18N6O. The molecule has 130 valence electrons. The molecule has 1 N–H and O–H groups in total. The molecule has 5 heterocycles. The smallest absolute Gasteiger partial charge is 0.255 e. The van der Waals surface area contributed by atoms with Crippen molar-refractivity contribution in [3.8, 4) is 0 Å². The van der Waals surface area contributed by atoms with E-state index in [1.165, 1.54) is 0 Å². The molecule has 4 aromatic heterocycles. The molecule has 1 aliphatic heterocycles. The Labute approximate surface area is 149 Å². The molecule has 1 atom stereocenters. The zero-order valence-corrected chi connectivity index (χ0v) is 14.2. The number of hydrogen-bond donors (Lipinski definition) is 1. The van der Waals surface area contributed by atoms with Crippen LogP contribution in [0.2, 0.25) is 0 Å². The number of piperidine rings is 1. The maximum atomic E-state index is 12.8. The number of carbonyl (C=O) groups excluding carboxylic acids is 1. The van der Waals surface area contributed by atoms with Gasteiger partial charge in [-0.25, -0.2) is 9.97 Å².